The number of carboxylic acid groups (broad SMARTS) is 1. The number of amides is 1. The lowest BCUT2D eigenvalue weighted by Gasteiger charge is -2.17. The molecule has 132 valence electrons. The molecule has 1 unspecified atom stereocenters. The molecule has 1 atom stereocenters. The number of aryl methyl sites for hydroxylation is 1. The third kappa shape index (κ3) is 3.90. The minimum Gasteiger partial charge on any atom is -0.481 e. The highest BCUT2D eigenvalue weighted by Gasteiger charge is 2.30. The number of hydrogen-bond donors (Lipinski definition) is 1. The van der Waals surface area contributed by atoms with Crippen molar-refractivity contribution in [2.45, 2.75) is 26.2 Å². The summed E-state index contributed by atoms with van der Waals surface area (Å²) in [7, 11) is 0. The van der Waals surface area contributed by atoms with Crippen molar-refractivity contribution < 1.29 is 23.5 Å². The normalized spacial score (nSPS) is 17.0. The Hall–Kier alpha value is -2.63. The summed E-state index contributed by atoms with van der Waals surface area (Å²) in [6.07, 6.45) is 2.78. The second-order valence-corrected chi connectivity index (χ2v) is 6.52. The van der Waals surface area contributed by atoms with Gasteiger partial charge in [-0.15, -0.1) is 0 Å². The van der Waals surface area contributed by atoms with E-state index in [0.717, 1.165) is 18.4 Å². The van der Waals surface area contributed by atoms with Gasteiger partial charge in [-0.25, -0.2) is 4.39 Å². The van der Waals surface area contributed by atoms with Crippen LogP contribution in [0.5, 0.6) is 0 Å². The standard InChI is InChI=1S/C19H20FNO4/c1-12-11-25-16(9-17(22)23)18(12)19(24)21-7-6-14(10-21)8-13-2-4-15(20)5-3-13/h2-5,11,14H,6-10H2,1H3,(H,22,23). The van der Waals surface area contributed by atoms with Gasteiger partial charge in [0.1, 0.15) is 18.0 Å². The number of hydrogen-bond acceptors (Lipinski definition) is 3. The fourth-order valence-corrected chi connectivity index (χ4v) is 3.35. The Kier molecular flexibility index (Phi) is 4.88. The highest BCUT2D eigenvalue weighted by molar-refractivity contribution is 5.97. The molecule has 1 amide bonds. The van der Waals surface area contributed by atoms with Crippen LogP contribution >= 0.6 is 0 Å². The molecule has 0 spiro atoms. The number of rotatable bonds is 5. The Morgan fingerprint density at radius 3 is 2.72 bits per heavy atom. The van der Waals surface area contributed by atoms with Crippen LogP contribution in [0.2, 0.25) is 0 Å². The summed E-state index contributed by atoms with van der Waals surface area (Å²) < 4.78 is 18.2. The lowest BCUT2D eigenvalue weighted by Crippen LogP contribution is -2.30. The largest absolute Gasteiger partial charge is 0.481 e. The van der Waals surface area contributed by atoms with Crippen LogP contribution in [-0.4, -0.2) is 35.0 Å². The molecule has 2 heterocycles. The number of aliphatic carboxylic acids is 1. The summed E-state index contributed by atoms with van der Waals surface area (Å²) >= 11 is 0. The molecule has 0 bridgehead atoms. The zero-order valence-corrected chi connectivity index (χ0v) is 14.0. The molecular weight excluding hydrogens is 325 g/mol. The first kappa shape index (κ1) is 17.2. The van der Waals surface area contributed by atoms with Gasteiger partial charge in [-0.05, 0) is 43.4 Å². The van der Waals surface area contributed by atoms with Crippen molar-refractivity contribution in [1.29, 1.82) is 0 Å². The van der Waals surface area contributed by atoms with Gasteiger partial charge in [-0.3, -0.25) is 9.59 Å². The number of nitrogens with zero attached hydrogens (tertiary/aromatic N) is 1. The summed E-state index contributed by atoms with van der Waals surface area (Å²) in [5, 5.41) is 8.96. The van der Waals surface area contributed by atoms with Crippen molar-refractivity contribution >= 4 is 11.9 Å². The molecule has 3 rings (SSSR count). The van der Waals surface area contributed by atoms with Crippen LogP contribution in [0.1, 0.15) is 33.7 Å². The van der Waals surface area contributed by atoms with Gasteiger partial charge in [0.25, 0.3) is 5.91 Å². The molecule has 1 N–H and O–H groups in total. The molecule has 25 heavy (non-hydrogen) atoms. The quantitative estimate of drug-likeness (QED) is 0.904. The van der Waals surface area contributed by atoms with Crippen LogP contribution in [0.3, 0.4) is 0 Å². The van der Waals surface area contributed by atoms with E-state index in [0.29, 0.717) is 30.1 Å². The van der Waals surface area contributed by atoms with Gasteiger partial charge in [0.2, 0.25) is 0 Å². The highest BCUT2D eigenvalue weighted by Crippen LogP contribution is 2.26. The van der Waals surface area contributed by atoms with Crippen LogP contribution in [-0.2, 0) is 17.6 Å². The minimum absolute atomic E-state index is 0.177. The average Bonchev–Trinajstić information content (AvgIpc) is 3.16. The van der Waals surface area contributed by atoms with Crippen molar-refractivity contribution in [2.24, 2.45) is 5.92 Å². The number of carboxylic acids is 1. The number of likely N-dealkylation sites (tertiary alicyclic amines) is 1. The van der Waals surface area contributed by atoms with Crippen LogP contribution in [0.25, 0.3) is 0 Å². The lowest BCUT2D eigenvalue weighted by atomic mass is 9.99. The number of furan rings is 1. The van der Waals surface area contributed by atoms with Crippen LogP contribution < -0.4 is 0 Å². The van der Waals surface area contributed by atoms with Crippen molar-refractivity contribution in [3.63, 3.8) is 0 Å². The maximum Gasteiger partial charge on any atom is 0.311 e. The Morgan fingerprint density at radius 2 is 2.04 bits per heavy atom. The first-order chi connectivity index (χ1) is 11.9. The third-order valence-electron chi connectivity index (χ3n) is 4.59. The van der Waals surface area contributed by atoms with E-state index in [-0.39, 0.29) is 23.9 Å². The molecule has 0 saturated carbocycles. The predicted octanol–water partition coefficient (Wildman–Crippen LogP) is 3.06. The summed E-state index contributed by atoms with van der Waals surface area (Å²) in [5.74, 6) is -0.946. The summed E-state index contributed by atoms with van der Waals surface area (Å²) in [6.45, 7) is 2.98. The molecule has 1 saturated heterocycles. The van der Waals surface area contributed by atoms with Crippen LogP contribution in [0.4, 0.5) is 4.39 Å². The highest BCUT2D eigenvalue weighted by atomic mass is 19.1. The van der Waals surface area contributed by atoms with Gasteiger partial charge in [0.15, 0.2) is 0 Å². The Labute approximate surface area is 145 Å². The molecule has 0 aliphatic carbocycles. The SMILES string of the molecule is Cc1coc(CC(=O)O)c1C(=O)N1CCC(Cc2ccc(F)cc2)C1. The van der Waals surface area contributed by atoms with Crippen molar-refractivity contribution in [1.82, 2.24) is 4.90 Å². The van der Waals surface area contributed by atoms with E-state index < -0.39 is 5.97 Å². The topological polar surface area (TPSA) is 70.7 Å². The summed E-state index contributed by atoms with van der Waals surface area (Å²) in [6, 6.07) is 6.43. The molecule has 2 aromatic rings. The Morgan fingerprint density at radius 1 is 1.32 bits per heavy atom. The van der Waals surface area contributed by atoms with E-state index in [2.05, 4.69) is 0 Å². The molecular formula is C19H20FNO4. The molecule has 1 aliphatic heterocycles. The summed E-state index contributed by atoms with van der Waals surface area (Å²) in [5.41, 5.74) is 2.07. The van der Waals surface area contributed by atoms with Crippen molar-refractivity contribution in [2.75, 3.05) is 13.1 Å². The van der Waals surface area contributed by atoms with E-state index in [1.807, 2.05) is 0 Å². The van der Waals surface area contributed by atoms with Gasteiger partial charge >= 0.3 is 5.97 Å². The van der Waals surface area contributed by atoms with Gasteiger partial charge < -0.3 is 14.4 Å². The molecule has 1 aromatic carbocycles. The Balaban J connectivity index is 1.67. The summed E-state index contributed by atoms with van der Waals surface area (Å²) in [4.78, 5) is 25.5. The second-order valence-electron chi connectivity index (χ2n) is 6.52. The van der Waals surface area contributed by atoms with Crippen molar-refractivity contribution in [3.8, 4) is 0 Å². The second kappa shape index (κ2) is 7.09. The smallest absolute Gasteiger partial charge is 0.311 e. The number of halogens is 1. The van der Waals surface area contributed by atoms with Gasteiger partial charge in [0, 0.05) is 18.7 Å². The molecule has 5 nitrogen and oxygen atoms in total. The first-order valence-corrected chi connectivity index (χ1v) is 8.26. The monoisotopic (exact) mass is 345 g/mol. The van der Waals surface area contributed by atoms with E-state index in [1.165, 1.54) is 18.4 Å². The molecule has 1 aliphatic rings. The molecule has 1 fully saturated rings. The zero-order valence-electron chi connectivity index (χ0n) is 14.0. The lowest BCUT2D eigenvalue weighted by molar-refractivity contribution is -0.136. The fourth-order valence-electron chi connectivity index (χ4n) is 3.35. The molecule has 6 heteroatoms. The molecule has 1 aromatic heterocycles. The van der Waals surface area contributed by atoms with E-state index in [4.69, 9.17) is 9.52 Å². The van der Waals surface area contributed by atoms with Gasteiger partial charge in [-0.1, -0.05) is 12.1 Å². The number of benzene rings is 1. The van der Waals surface area contributed by atoms with Gasteiger partial charge in [0.05, 0.1) is 11.8 Å². The van der Waals surface area contributed by atoms with Crippen molar-refractivity contribution in [3.05, 3.63) is 58.8 Å². The van der Waals surface area contributed by atoms with Crippen LogP contribution in [0.15, 0.2) is 34.9 Å². The Bertz CT molecular complexity index is 781. The fraction of sp³-hybridized carbons (Fsp3) is 0.368. The maximum atomic E-state index is 13.0. The predicted molar refractivity (Wildman–Crippen MR) is 88.9 cm³/mol. The van der Waals surface area contributed by atoms with Gasteiger partial charge in [-0.2, -0.15) is 0 Å². The van der Waals surface area contributed by atoms with E-state index in [9.17, 15) is 14.0 Å². The number of carbonyl (C=O) groups excluding carboxylic acids is 1. The molecule has 0 radical (unpaired) electrons. The third-order valence-corrected chi connectivity index (χ3v) is 4.59. The van der Waals surface area contributed by atoms with E-state index >= 15 is 0 Å². The minimum atomic E-state index is -1.03. The first-order valence-electron chi connectivity index (χ1n) is 8.26. The van der Waals surface area contributed by atoms with Crippen LogP contribution in [0, 0.1) is 18.7 Å². The maximum absolute atomic E-state index is 13.0. The average molecular weight is 345 g/mol. The van der Waals surface area contributed by atoms with E-state index in [1.54, 1.807) is 24.0 Å². The number of carbonyl (C=O) groups is 2. The zero-order chi connectivity index (χ0) is 18.0.